The summed E-state index contributed by atoms with van der Waals surface area (Å²) >= 11 is 4.99. The molecular weight excluding hydrogens is 227 g/mol. The van der Waals surface area contributed by atoms with Crippen LogP contribution in [0.2, 0.25) is 0 Å². The third-order valence-electron chi connectivity index (χ3n) is 1.82. The highest BCUT2D eigenvalue weighted by atomic mass is 32.1. The van der Waals surface area contributed by atoms with Crippen LogP contribution in [0.3, 0.4) is 0 Å². The summed E-state index contributed by atoms with van der Waals surface area (Å²) < 4.78 is 12.6. The first-order valence-electron chi connectivity index (χ1n) is 4.59. The molecule has 16 heavy (non-hydrogen) atoms. The second-order valence-corrected chi connectivity index (χ2v) is 3.43. The largest absolute Gasteiger partial charge is 0.332 e. The molecule has 0 fully saturated rings. The molecule has 4 nitrogen and oxygen atoms in total. The molecule has 1 rings (SSSR count). The van der Waals surface area contributed by atoms with Gasteiger partial charge in [0.2, 0.25) is 0 Å². The van der Waals surface area contributed by atoms with Gasteiger partial charge in [-0.2, -0.15) is 5.26 Å². The Bertz CT molecular complexity index is 398. The maximum atomic E-state index is 12.6. The minimum Gasteiger partial charge on any atom is -0.332 e. The van der Waals surface area contributed by atoms with E-state index in [1.807, 2.05) is 6.07 Å². The number of nitriles is 1. The number of benzene rings is 1. The van der Waals surface area contributed by atoms with Crippen molar-refractivity contribution < 1.29 is 4.39 Å². The smallest absolute Gasteiger partial charge is 0.187 e. The third-order valence-corrected chi connectivity index (χ3v) is 2.16. The van der Waals surface area contributed by atoms with Crippen LogP contribution in [0.4, 0.5) is 10.1 Å². The van der Waals surface area contributed by atoms with Crippen molar-refractivity contribution in [2.45, 2.75) is 6.42 Å². The molecule has 0 saturated carbocycles. The van der Waals surface area contributed by atoms with Crippen LogP contribution in [0, 0.1) is 17.1 Å². The van der Waals surface area contributed by atoms with E-state index < -0.39 is 0 Å². The molecule has 1 aromatic carbocycles. The van der Waals surface area contributed by atoms with Crippen molar-refractivity contribution >= 4 is 23.0 Å². The van der Waals surface area contributed by atoms with Gasteiger partial charge in [-0.25, -0.2) is 10.2 Å². The summed E-state index contributed by atoms with van der Waals surface area (Å²) in [5.74, 6) is 5.27. The normalized spacial score (nSPS) is 9.31. The molecule has 6 heteroatoms. The number of nitrogens with zero attached hydrogens (tertiary/aromatic N) is 2. The molecular formula is C10H11FN4S. The van der Waals surface area contributed by atoms with Gasteiger partial charge in [0.1, 0.15) is 5.82 Å². The van der Waals surface area contributed by atoms with Crippen LogP contribution in [-0.4, -0.2) is 16.7 Å². The highest BCUT2D eigenvalue weighted by molar-refractivity contribution is 7.80. The van der Waals surface area contributed by atoms with Crippen LogP contribution < -0.4 is 11.2 Å². The molecule has 0 aliphatic rings. The number of nitrogens with two attached hydrogens (primary N) is 1. The van der Waals surface area contributed by atoms with E-state index in [-0.39, 0.29) is 5.82 Å². The maximum Gasteiger partial charge on any atom is 0.187 e. The van der Waals surface area contributed by atoms with Crippen molar-refractivity contribution in [2.75, 3.05) is 11.9 Å². The Morgan fingerprint density at radius 1 is 1.50 bits per heavy atom. The first-order valence-corrected chi connectivity index (χ1v) is 5.00. The average Bonchev–Trinajstić information content (AvgIpc) is 2.29. The molecule has 3 N–H and O–H groups in total. The molecule has 0 aliphatic carbocycles. The van der Waals surface area contributed by atoms with E-state index in [4.69, 9.17) is 23.3 Å². The minimum atomic E-state index is -0.314. The third kappa shape index (κ3) is 3.81. The number of hydrogen-bond acceptors (Lipinski definition) is 3. The first kappa shape index (κ1) is 12.4. The summed E-state index contributed by atoms with van der Waals surface area (Å²) in [6.45, 7) is 0.351. The lowest BCUT2D eigenvalue weighted by molar-refractivity contribution is 0.457. The van der Waals surface area contributed by atoms with Gasteiger partial charge in [0.15, 0.2) is 5.11 Å². The SMILES string of the molecule is N#CCCN(N)C(=S)Nc1ccc(F)cc1. The van der Waals surface area contributed by atoms with Gasteiger partial charge in [0.25, 0.3) is 0 Å². The Morgan fingerprint density at radius 2 is 2.12 bits per heavy atom. The van der Waals surface area contributed by atoms with Crippen LogP contribution in [0.15, 0.2) is 24.3 Å². The summed E-state index contributed by atoms with van der Waals surface area (Å²) in [4.78, 5) is 0. The van der Waals surface area contributed by atoms with Gasteiger partial charge in [-0.3, -0.25) is 5.01 Å². The molecule has 0 heterocycles. The van der Waals surface area contributed by atoms with E-state index in [1.54, 1.807) is 12.1 Å². The van der Waals surface area contributed by atoms with Crippen LogP contribution in [0.5, 0.6) is 0 Å². The van der Waals surface area contributed by atoms with Gasteiger partial charge >= 0.3 is 0 Å². The zero-order chi connectivity index (χ0) is 12.0. The second-order valence-electron chi connectivity index (χ2n) is 3.04. The van der Waals surface area contributed by atoms with Gasteiger partial charge in [-0.1, -0.05) is 0 Å². The van der Waals surface area contributed by atoms with Gasteiger partial charge in [0.05, 0.1) is 12.5 Å². The summed E-state index contributed by atoms with van der Waals surface area (Å²) in [6, 6.07) is 7.72. The Hall–Kier alpha value is -1.71. The molecule has 0 unspecified atom stereocenters. The van der Waals surface area contributed by atoms with E-state index in [2.05, 4.69) is 5.32 Å². The van der Waals surface area contributed by atoms with E-state index in [1.165, 1.54) is 17.1 Å². The fourth-order valence-electron chi connectivity index (χ4n) is 1.00. The van der Waals surface area contributed by atoms with Crippen molar-refractivity contribution in [3.63, 3.8) is 0 Å². The molecule has 0 aromatic heterocycles. The number of anilines is 1. The quantitative estimate of drug-likeness (QED) is 0.476. The Balaban J connectivity index is 2.51. The van der Waals surface area contributed by atoms with E-state index >= 15 is 0 Å². The Kier molecular flexibility index (Phi) is 4.64. The fraction of sp³-hybridized carbons (Fsp3) is 0.200. The fourth-order valence-corrected chi connectivity index (χ4v) is 1.21. The summed E-state index contributed by atoms with van der Waals surface area (Å²) in [5.41, 5.74) is 0.652. The lowest BCUT2D eigenvalue weighted by Gasteiger charge is -2.18. The van der Waals surface area contributed by atoms with Gasteiger partial charge in [-0.15, -0.1) is 0 Å². The van der Waals surface area contributed by atoms with Gasteiger partial charge in [0, 0.05) is 12.2 Å². The van der Waals surface area contributed by atoms with Gasteiger partial charge < -0.3 is 5.32 Å². The molecule has 0 radical (unpaired) electrons. The molecule has 0 saturated heterocycles. The monoisotopic (exact) mass is 238 g/mol. The standard InChI is InChI=1S/C10H11FN4S/c11-8-2-4-9(5-3-8)14-10(16)15(13)7-1-6-12/h2-5H,1,7,13H2,(H,14,16). The molecule has 0 aliphatic heterocycles. The highest BCUT2D eigenvalue weighted by Crippen LogP contribution is 2.08. The average molecular weight is 238 g/mol. The molecule has 0 amide bonds. The van der Waals surface area contributed by atoms with E-state index in [9.17, 15) is 4.39 Å². The highest BCUT2D eigenvalue weighted by Gasteiger charge is 2.04. The van der Waals surface area contributed by atoms with Crippen LogP contribution in [-0.2, 0) is 0 Å². The van der Waals surface area contributed by atoms with E-state index in [0.29, 0.717) is 23.8 Å². The van der Waals surface area contributed by atoms with E-state index in [0.717, 1.165) is 0 Å². The molecule has 1 aromatic rings. The summed E-state index contributed by atoms with van der Waals surface area (Å²) in [5, 5.41) is 12.8. The molecule has 0 bridgehead atoms. The van der Waals surface area contributed by atoms with Crippen molar-refractivity contribution in [1.82, 2.24) is 5.01 Å². The lowest BCUT2D eigenvalue weighted by atomic mass is 10.3. The van der Waals surface area contributed by atoms with Crippen LogP contribution in [0.25, 0.3) is 0 Å². The predicted octanol–water partition coefficient (Wildman–Crippen LogP) is 1.61. The minimum absolute atomic E-state index is 0.293. The van der Waals surface area contributed by atoms with Gasteiger partial charge in [-0.05, 0) is 36.5 Å². The summed E-state index contributed by atoms with van der Waals surface area (Å²) in [7, 11) is 0. The molecule has 0 atom stereocenters. The van der Waals surface area contributed by atoms with Crippen molar-refractivity contribution in [2.24, 2.45) is 5.84 Å². The number of thiocarbonyl (C=S) groups is 1. The lowest BCUT2D eigenvalue weighted by Crippen LogP contribution is -2.40. The number of hydrazine groups is 1. The molecule has 84 valence electrons. The maximum absolute atomic E-state index is 12.6. The predicted molar refractivity (Wildman–Crippen MR) is 63.7 cm³/mol. The second kappa shape index (κ2) is 6.00. The molecule has 0 spiro atoms. The first-order chi connectivity index (χ1) is 7.63. The van der Waals surface area contributed by atoms with Crippen molar-refractivity contribution in [1.29, 1.82) is 5.26 Å². The zero-order valence-electron chi connectivity index (χ0n) is 8.48. The topological polar surface area (TPSA) is 65.1 Å². The number of nitrogens with one attached hydrogen (secondary N) is 1. The van der Waals surface area contributed by atoms with Crippen LogP contribution >= 0.6 is 12.2 Å². The van der Waals surface area contributed by atoms with Crippen molar-refractivity contribution in [3.05, 3.63) is 30.1 Å². The van der Waals surface area contributed by atoms with Crippen molar-refractivity contribution in [3.8, 4) is 6.07 Å². The zero-order valence-corrected chi connectivity index (χ0v) is 9.30. The Morgan fingerprint density at radius 3 is 2.69 bits per heavy atom. The number of halogens is 1. The van der Waals surface area contributed by atoms with Crippen LogP contribution in [0.1, 0.15) is 6.42 Å². The summed E-state index contributed by atoms with van der Waals surface area (Å²) in [6.07, 6.45) is 0.293. The Labute approximate surface area is 98.4 Å². The number of hydrogen-bond donors (Lipinski definition) is 2. The number of rotatable bonds is 3.